The van der Waals surface area contributed by atoms with Crippen molar-refractivity contribution in [2.75, 3.05) is 6.61 Å². The number of aromatic nitrogens is 1. The SMILES string of the molecule is CCOc1ccc(-c2cc3ccccn3c2C(=O)C(=O)NCc2ccc(Cl)cc2Cl)cc1. The Kier molecular flexibility index (Phi) is 6.49. The van der Waals surface area contributed by atoms with Gasteiger partial charge in [-0.2, -0.15) is 0 Å². The Hall–Kier alpha value is -3.28. The summed E-state index contributed by atoms with van der Waals surface area (Å²) >= 11 is 12.1. The van der Waals surface area contributed by atoms with Gasteiger partial charge in [0.1, 0.15) is 11.4 Å². The number of rotatable bonds is 7. The summed E-state index contributed by atoms with van der Waals surface area (Å²) in [7, 11) is 0. The molecule has 2 aromatic carbocycles. The van der Waals surface area contributed by atoms with Crippen molar-refractivity contribution in [2.24, 2.45) is 0 Å². The van der Waals surface area contributed by atoms with Crippen LogP contribution in [0.25, 0.3) is 16.6 Å². The molecule has 0 bridgehead atoms. The van der Waals surface area contributed by atoms with E-state index in [-0.39, 0.29) is 6.54 Å². The summed E-state index contributed by atoms with van der Waals surface area (Å²) < 4.78 is 7.23. The Morgan fingerprint density at radius 2 is 1.78 bits per heavy atom. The van der Waals surface area contributed by atoms with E-state index in [1.165, 1.54) is 0 Å². The van der Waals surface area contributed by atoms with Crippen molar-refractivity contribution in [2.45, 2.75) is 13.5 Å². The lowest BCUT2D eigenvalue weighted by molar-refractivity contribution is -0.117. The lowest BCUT2D eigenvalue weighted by Crippen LogP contribution is -2.31. The third kappa shape index (κ3) is 4.49. The summed E-state index contributed by atoms with van der Waals surface area (Å²) in [6.45, 7) is 2.60. The van der Waals surface area contributed by atoms with Gasteiger partial charge in [0, 0.05) is 33.9 Å². The van der Waals surface area contributed by atoms with Gasteiger partial charge < -0.3 is 14.5 Å². The van der Waals surface area contributed by atoms with Crippen LogP contribution in [-0.4, -0.2) is 22.7 Å². The normalized spacial score (nSPS) is 10.8. The first kappa shape index (κ1) is 21.9. The second kappa shape index (κ2) is 9.47. The molecule has 7 heteroatoms. The fraction of sp³-hybridized carbons (Fsp3) is 0.120. The van der Waals surface area contributed by atoms with Gasteiger partial charge in [0.15, 0.2) is 0 Å². The number of pyridine rings is 1. The molecule has 0 radical (unpaired) electrons. The third-order valence-corrected chi connectivity index (χ3v) is 5.62. The average Bonchev–Trinajstić information content (AvgIpc) is 3.18. The number of hydrogen-bond donors (Lipinski definition) is 1. The van der Waals surface area contributed by atoms with E-state index in [9.17, 15) is 9.59 Å². The van der Waals surface area contributed by atoms with Crippen LogP contribution in [0, 0.1) is 0 Å². The summed E-state index contributed by atoms with van der Waals surface area (Å²) in [6, 6.07) is 19.9. The number of carbonyl (C=O) groups excluding carboxylic acids is 2. The number of ether oxygens (including phenoxy) is 1. The summed E-state index contributed by atoms with van der Waals surface area (Å²) in [5, 5.41) is 3.59. The summed E-state index contributed by atoms with van der Waals surface area (Å²) in [5.74, 6) is -0.609. The van der Waals surface area contributed by atoms with Crippen LogP contribution in [-0.2, 0) is 11.3 Å². The Morgan fingerprint density at radius 3 is 2.50 bits per heavy atom. The van der Waals surface area contributed by atoms with E-state index in [0.717, 1.165) is 16.8 Å². The highest BCUT2D eigenvalue weighted by Gasteiger charge is 2.24. The molecule has 162 valence electrons. The molecule has 4 rings (SSSR count). The van der Waals surface area contributed by atoms with Crippen molar-refractivity contribution >= 4 is 40.4 Å². The summed E-state index contributed by atoms with van der Waals surface area (Å²) in [4.78, 5) is 26.0. The van der Waals surface area contributed by atoms with Crippen LogP contribution in [0.2, 0.25) is 10.0 Å². The molecule has 0 saturated carbocycles. The van der Waals surface area contributed by atoms with Gasteiger partial charge in [0.2, 0.25) is 0 Å². The van der Waals surface area contributed by atoms with E-state index < -0.39 is 11.7 Å². The van der Waals surface area contributed by atoms with E-state index in [1.54, 1.807) is 28.8 Å². The topological polar surface area (TPSA) is 59.8 Å². The Labute approximate surface area is 195 Å². The number of hydrogen-bond acceptors (Lipinski definition) is 3. The second-order valence-corrected chi connectivity index (χ2v) is 7.95. The van der Waals surface area contributed by atoms with Crippen molar-refractivity contribution in [1.82, 2.24) is 9.72 Å². The first-order valence-corrected chi connectivity index (χ1v) is 10.8. The fourth-order valence-corrected chi connectivity index (χ4v) is 3.98. The van der Waals surface area contributed by atoms with Crippen LogP contribution in [0.4, 0.5) is 0 Å². The summed E-state index contributed by atoms with van der Waals surface area (Å²) in [5.41, 5.74) is 3.26. The average molecular weight is 467 g/mol. The molecule has 0 saturated heterocycles. The molecule has 0 aliphatic heterocycles. The lowest BCUT2D eigenvalue weighted by atomic mass is 10.0. The molecular weight excluding hydrogens is 447 g/mol. The largest absolute Gasteiger partial charge is 0.494 e. The first-order valence-electron chi connectivity index (χ1n) is 10.1. The maximum absolute atomic E-state index is 13.2. The van der Waals surface area contributed by atoms with Crippen LogP contribution < -0.4 is 10.1 Å². The Morgan fingerprint density at radius 1 is 1.00 bits per heavy atom. The van der Waals surface area contributed by atoms with Gasteiger partial charge >= 0.3 is 0 Å². The molecule has 5 nitrogen and oxygen atoms in total. The number of ketones is 1. The zero-order chi connectivity index (χ0) is 22.7. The van der Waals surface area contributed by atoms with Crippen molar-refractivity contribution in [3.05, 3.63) is 94.2 Å². The molecule has 2 aromatic heterocycles. The van der Waals surface area contributed by atoms with Crippen LogP contribution in [0.15, 0.2) is 72.9 Å². The highest BCUT2D eigenvalue weighted by molar-refractivity contribution is 6.43. The van der Waals surface area contributed by atoms with Crippen molar-refractivity contribution in [3.8, 4) is 16.9 Å². The van der Waals surface area contributed by atoms with Gasteiger partial charge in [-0.25, -0.2) is 0 Å². The van der Waals surface area contributed by atoms with Crippen LogP contribution in [0.1, 0.15) is 23.0 Å². The number of carbonyl (C=O) groups is 2. The highest BCUT2D eigenvalue weighted by Crippen LogP contribution is 2.30. The van der Waals surface area contributed by atoms with Crippen molar-refractivity contribution in [3.63, 3.8) is 0 Å². The molecule has 1 N–H and O–H groups in total. The van der Waals surface area contributed by atoms with Crippen LogP contribution >= 0.6 is 23.2 Å². The standard InChI is InChI=1S/C25H20Cl2N2O3/c1-2-32-20-10-7-16(8-11-20)21-14-19-5-3-4-12-29(19)23(21)24(30)25(31)28-15-17-6-9-18(26)13-22(17)27/h3-14H,2,15H2,1H3,(H,28,31). The van der Waals surface area contributed by atoms with Gasteiger partial charge in [-0.05, 0) is 60.5 Å². The number of amides is 1. The van der Waals surface area contributed by atoms with Crippen molar-refractivity contribution in [1.29, 1.82) is 0 Å². The molecule has 0 unspecified atom stereocenters. The van der Waals surface area contributed by atoms with Gasteiger partial charge in [0.25, 0.3) is 11.7 Å². The molecule has 0 fully saturated rings. The maximum atomic E-state index is 13.2. The van der Waals surface area contributed by atoms with E-state index >= 15 is 0 Å². The molecule has 2 heterocycles. The number of nitrogens with one attached hydrogen (secondary N) is 1. The molecule has 1 amide bonds. The van der Waals surface area contributed by atoms with E-state index in [1.807, 2.05) is 55.5 Å². The third-order valence-electron chi connectivity index (χ3n) is 5.03. The number of Topliss-reactive ketones (excluding diaryl/α,β-unsaturated/α-hetero) is 1. The molecule has 4 aromatic rings. The number of halogens is 2. The minimum atomic E-state index is -0.716. The molecule has 0 aliphatic rings. The second-order valence-electron chi connectivity index (χ2n) is 7.11. The predicted molar refractivity (Wildman–Crippen MR) is 127 cm³/mol. The minimum absolute atomic E-state index is 0.113. The minimum Gasteiger partial charge on any atom is -0.494 e. The summed E-state index contributed by atoms with van der Waals surface area (Å²) in [6.07, 6.45) is 1.77. The molecule has 0 spiro atoms. The fourth-order valence-electron chi connectivity index (χ4n) is 3.50. The van der Waals surface area contributed by atoms with Gasteiger partial charge in [0.05, 0.1) is 6.61 Å². The first-order chi connectivity index (χ1) is 15.5. The monoisotopic (exact) mass is 466 g/mol. The predicted octanol–water partition coefficient (Wildman–Crippen LogP) is 5.81. The van der Waals surface area contributed by atoms with Gasteiger partial charge in [-0.1, -0.05) is 47.5 Å². The van der Waals surface area contributed by atoms with Crippen LogP contribution in [0.3, 0.4) is 0 Å². The van der Waals surface area contributed by atoms with Gasteiger partial charge in [-0.15, -0.1) is 0 Å². The zero-order valence-electron chi connectivity index (χ0n) is 17.3. The lowest BCUT2D eigenvalue weighted by Gasteiger charge is -2.09. The Balaban J connectivity index is 1.65. The van der Waals surface area contributed by atoms with E-state index in [4.69, 9.17) is 27.9 Å². The maximum Gasteiger partial charge on any atom is 0.294 e. The van der Waals surface area contributed by atoms with Crippen molar-refractivity contribution < 1.29 is 14.3 Å². The smallest absolute Gasteiger partial charge is 0.294 e. The molecule has 0 atom stereocenters. The van der Waals surface area contributed by atoms with E-state index in [2.05, 4.69) is 5.32 Å². The quantitative estimate of drug-likeness (QED) is 0.276. The molecule has 32 heavy (non-hydrogen) atoms. The number of fused-ring (bicyclic) bond motifs is 1. The van der Waals surface area contributed by atoms with Crippen LogP contribution in [0.5, 0.6) is 5.75 Å². The van der Waals surface area contributed by atoms with E-state index in [0.29, 0.717) is 33.5 Å². The Bertz CT molecular complexity index is 1300. The molecule has 0 aliphatic carbocycles. The number of benzene rings is 2. The van der Waals surface area contributed by atoms with Gasteiger partial charge in [-0.3, -0.25) is 9.59 Å². The molecular formula is C25H20Cl2N2O3. The highest BCUT2D eigenvalue weighted by atomic mass is 35.5. The zero-order valence-corrected chi connectivity index (χ0v) is 18.8. The number of nitrogens with zero attached hydrogens (tertiary/aromatic N) is 1.